The molecule has 0 unspecified atom stereocenters. The minimum atomic E-state index is -0.132. The molecule has 2 atom stereocenters. The summed E-state index contributed by atoms with van der Waals surface area (Å²) in [6.07, 6.45) is 4.88. The quantitative estimate of drug-likeness (QED) is 0.911. The van der Waals surface area contributed by atoms with Crippen LogP contribution in [0.25, 0.3) is 0 Å². The molecule has 2 aromatic heterocycles. The number of rotatable bonds is 4. The average Bonchev–Trinajstić information content (AvgIpc) is 3.26. The summed E-state index contributed by atoms with van der Waals surface area (Å²) in [7, 11) is 0. The van der Waals surface area contributed by atoms with E-state index in [9.17, 15) is 4.79 Å². The lowest BCUT2D eigenvalue weighted by Gasteiger charge is -2.31. The fourth-order valence-electron chi connectivity index (χ4n) is 3.64. The third kappa shape index (κ3) is 3.10. The summed E-state index contributed by atoms with van der Waals surface area (Å²) in [4.78, 5) is 16.1. The molecule has 0 bridgehead atoms. The predicted octanol–water partition coefficient (Wildman–Crippen LogP) is 1.46. The molecular weight excluding hydrogens is 322 g/mol. The number of carbonyl (C=O) groups excluding carboxylic acids is 1. The zero-order valence-electron chi connectivity index (χ0n) is 13.9. The lowest BCUT2D eigenvalue weighted by molar-refractivity contribution is -0.134. The Labute approximate surface area is 145 Å². The molecule has 6 nitrogen and oxygen atoms in total. The van der Waals surface area contributed by atoms with E-state index in [0.717, 1.165) is 51.3 Å². The third-order valence-corrected chi connectivity index (χ3v) is 6.15. The molecule has 7 heteroatoms. The SMILES string of the molecule is C[C@@H](NC[C@@H]1CCc2nncn2C1)C(=O)N1CCc2sccc2C1. The number of carbonyl (C=O) groups is 1. The van der Waals surface area contributed by atoms with Gasteiger partial charge in [-0.25, -0.2) is 0 Å². The lowest BCUT2D eigenvalue weighted by Crippen LogP contribution is -2.48. The smallest absolute Gasteiger partial charge is 0.239 e. The van der Waals surface area contributed by atoms with Gasteiger partial charge in [-0.2, -0.15) is 0 Å². The van der Waals surface area contributed by atoms with Crippen LogP contribution in [-0.2, 0) is 30.7 Å². The first-order chi connectivity index (χ1) is 11.7. The van der Waals surface area contributed by atoms with Gasteiger partial charge in [-0.3, -0.25) is 4.79 Å². The topological polar surface area (TPSA) is 63.1 Å². The molecule has 4 heterocycles. The van der Waals surface area contributed by atoms with Crippen LogP contribution in [0, 0.1) is 5.92 Å². The number of nitrogens with zero attached hydrogens (tertiary/aromatic N) is 4. The molecule has 128 valence electrons. The van der Waals surface area contributed by atoms with Gasteiger partial charge in [-0.15, -0.1) is 21.5 Å². The van der Waals surface area contributed by atoms with Crippen molar-refractivity contribution in [1.82, 2.24) is 25.0 Å². The van der Waals surface area contributed by atoms with Gasteiger partial charge in [0.2, 0.25) is 5.91 Å². The second-order valence-corrected chi connectivity index (χ2v) is 7.81. The first-order valence-electron chi connectivity index (χ1n) is 8.65. The van der Waals surface area contributed by atoms with Crippen LogP contribution in [0.1, 0.15) is 29.6 Å². The number of thiophene rings is 1. The van der Waals surface area contributed by atoms with E-state index in [2.05, 4.69) is 31.5 Å². The Kier molecular flexibility index (Phi) is 4.37. The summed E-state index contributed by atoms with van der Waals surface area (Å²) in [5.41, 5.74) is 1.32. The minimum Gasteiger partial charge on any atom is -0.337 e. The van der Waals surface area contributed by atoms with Crippen LogP contribution in [0.4, 0.5) is 0 Å². The van der Waals surface area contributed by atoms with E-state index in [1.807, 2.05) is 18.2 Å². The number of hydrogen-bond acceptors (Lipinski definition) is 5. The highest BCUT2D eigenvalue weighted by molar-refractivity contribution is 7.10. The van der Waals surface area contributed by atoms with Gasteiger partial charge in [0.15, 0.2) is 0 Å². The van der Waals surface area contributed by atoms with Gasteiger partial charge >= 0.3 is 0 Å². The van der Waals surface area contributed by atoms with Crippen LogP contribution < -0.4 is 5.32 Å². The number of hydrogen-bond donors (Lipinski definition) is 1. The molecule has 0 spiro atoms. The van der Waals surface area contributed by atoms with Crippen molar-refractivity contribution in [2.45, 2.75) is 45.3 Å². The van der Waals surface area contributed by atoms with Crippen LogP contribution in [0.15, 0.2) is 17.8 Å². The second kappa shape index (κ2) is 6.64. The Morgan fingerprint density at radius 3 is 3.33 bits per heavy atom. The van der Waals surface area contributed by atoms with Crippen LogP contribution in [0.2, 0.25) is 0 Å². The summed E-state index contributed by atoms with van der Waals surface area (Å²) in [5.74, 6) is 1.83. The van der Waals surface area contributed by atoms with Crippen LogP contribution in [-0.4, -0.2) is 44.7 Å². The number of nitrogens with one attached hydrogen (secondary N) is 1. The van der Waals surface area contributed by atoms with Gasteiger partial charge in [0.25, 0.3) is 0 Å². The van der Waals surface area contributed by atoms with E-state index in [1.54, 1.807) is 11.3 Å². The summed E-state index contributed by atoms with van der Waals surface area (Å²) < 4.78 is 2.13. The molecule has 0 aliphatic carbocycles. The van der Waals surface area contributed by atoms with Crippen molar-refractivity contribution in [2.24, 2.45) is 5.92 Å². The highest BCUT2D eigenvalue weighted by Crippen LogP contribution is 2.24. The minimum absolute atomic E-state index is 0.132. The number of fused-ring (bicyclic) bond motifs is 2. The molecule has 0 aromatic carbocycles. The number of aromatic nitrogens is 3. The van der Waals surface area contributed by atoms with Gasteiger partial charge in [0.1, 0.15) is 12.2 Å². The molecule has 24 heavy (non-hydrogen) atoms. The molecule has 0 saturated carbocycles. The van der Waals surface area contributed by atoms with Gasteiger partial charge in [0, 0.05) is 37.5 Å². The molecule has 0 radical (unpaired) electrons. The molecule has 2 aliphatic rings. The summed E-state index contributed by atoms with van der Waals surface area (Å²) in [6.45, 7) is 5.39. The molecule has 0 saturated heterocycles. The molecule has 2 aliphatic heterocycles. The molecule has 4 rings (SSSR count). The first kappa shape index (κ1) is 15.8. The molecule has 1 amide bonds. The van der Waals surface area contributed by atoms with E-state index in [-0.39, 0.29) is 11.9 Å². The first-order valence-corrected chi connectivity index (χ1v) is 9.53. The van der Waals surface area contributed by atoms with Gasteiger partial charge in [-0.05, 0) is 42.7 Å². The fourth-order valence-corrected chi connectivity index (χ4v) is 4.53. The highest BCUT2D eigenvalue weighted by Gasteiger charge is 2.26. The summed E-state index contributed by atoms with van der Waals surface area (Å²) in [6, 6.07) is 2.02. The van der Waals surface area contributed by atoms with Gasteiger partial charge in [0.05, 0.1) is 6.04 Å². The standard InChI is InChI=1S/C17H23N5OS/c1-12(17(23)21-6-4-15-14(10-21)5-7-24-15)18-8-13-2-3-16-20-19-11-22(16)9-13/h5,7,11-13,18H,2-4,6,8-10H2,1H3/t12-,13+/m1/s1. The predicted molar refractivity (Wildman–Crippen MR) is 92.7 cm³/mol. The van der Waals surface area contributed by atoms with Gasteiger partial charge in [-0.1, -0.05) is 0 Å². The average molecular weight is 345 g/mol. The Balaban J connectivity index is 1.29. The van der Waals surface area contributed by atoms with Crippen molar-refractivity contribution < 1.29 is 4.79 Å². The van der Waals surface area contributed by atoms with Crippen LogP contribution in [0.3, 0.4) is 0 Å². The number of aryl methyl sites for hydroxylation is 1. The Morgan fingerprint density at radius 1 is 1.50 bits per heavy atom. The zero-order valence-corrected chi connectivity index (χ0v) is 14.8. The molecule has 1 N–H and O–H groups in total. The van der Waals surface area contributed by atoms with Crippen molar-refractivity contribution in [3.8, 4) is 0 Å². The van der Waals surface area contributed by atoms with Crippen molar-refractivity contribution in [3.05, 3.63) is 34.0 Å². The van der Waals surface area contributed by atoms with E-state index < -0.39 is 0 Å². The second-order valence-electron chi connectivity index (χ2n) is 6.81. The van der Waals surface area contributed by atoms with Crippen molar-refractivity contribution in [1.29, 1.82) is 0 Å². The largest absolute Gasteiger partial charge is 0.337 e. The van der Waals surface area contributed by atoms with Crippen molar-refractivity contribution in [3.63, 3.8) is 0 Å². The Bertz CT molecular complexity index is 724. The monoisotopic (exact) mass is 345 g/mol. The van der Waals surface area contributed by atoms with Gasteiger partial charge < -0.3 is 14.8 Å². The lowest BCUT2D eigenvalue weighted by atomic mass is 9.99. The summed E-state index contributed by atoms with van der Waals surface area (Å²) in [5, 5.41) is 13.7. The van der Waals surface area contributed by atoms with Crippen molar-refractivity contribution >= 4 is 17.2 Å². The Hall–Kier alpha value is -1.73. The van der Waals surface area contributed by atoms with Crippen LogP contribution >= 0.6 is 11.3 Å². The Morgan fingerprint density at radius 2 is 2.42 bits per heavy atom. The summed E-state index contributed by atoms with van der Waals surface area (Å²) >= 11 is 1.81. The maximum atomic E-state index is 12.7. The third-order valence-electron chi connectivity index (χ3n) is 5.13. The molecule has 2 aromatic rings. The molecule has 0 fully saturated rings. The zero-order chi connectivity index (χ0) is 16.5. The fraction of sp³-hybridized carbons (Fsp3) is 0.588. The highest BCUT2D eigenvalue weighted by atomic mass is 32.1. The van der Waals surface area contributed by atoms with Crippen molar-refractivity contribution in [2.75, 3.05) is 13.1 Å². The van der Waals surface area contributed by atoms with E-state index in [1.165, 1.54) is 10.4 Å². The van der Waals surface area contributed by atoms with E-state index in [0.29, 0.717) is 5.92 Å². The maximum absolute atomic E-state index is 12.7. The number of amides is 1. The van der Waals surface area contributed by atoms with E-state index in [4.69, 9.17) is 0 Å². The normalized spacial score (nSPS) is 21.2. The van der Waals surface area contributed by atoms with E-state index >= 15 is 0 Å². The maximum Gasteiger partial charge on any atom is 0.239 e. The molecular formula is C17H23N5OS. The van der Waals surface area contributed by atoms with Crippen LogP contribution in [0.5, 0.6) is 0 Å².